The highest BCUT2D eigenvalue weighted by molar-refractivity contribution is 5.46. The van der Waals surface area contributed by atoms with E-state index in [9.17, 15) is 0 Å². The Labute approximate surface area is 96.9 Å². The SMILES string of the molecule is CCCC1CCN(c2nnccc2CN)C1. The summed E-state index contributed by atoms with van der Waals surface area (Å²) in [5, 5.41) is 8.18. The number of anilines is 1. The Hall–Kier alpha value is -1.16. The van der Waals surface area contributed by atoms with Gasteiger partial charge in [0.05, 0.1) is 6.20 Å². The maximum Gasteiger partial charge on any atom is 0.155 e. The van der Waals surface area contributed by atoms with E-state index in [1.54, 1.807) is 6.20 Å². The van der Waals surface area contributed by atoms with Crippen LogP contribution in [-0.2, 0) is 6.54 Å². The van der Waals surface area contributed by atoms with Crippen molar-refractivity contribution in [1.82, 2.24) is 10.2 Å². The number of aromatic nitrogens is 2. The topological polar surface area (TPSA) is 55.0 Å². The molecule has 0 spiro atoms. The first-order valence-corrected chi connectivity index (χ1v) is 6.10. The highest BCUT2D eigenvalue weighted by Crippen LogP contribution is 2.26. The predicted octanol–water partition coefficient (Wildman–Crippen LogP) is 1.56. The third kappa shape index (κ3) is 2.32. The minimum absolute atomic E-state index is 0.541. The smallest absolute Gasteiger partial charge is 0.155 e. The molecule has 0 aromatic carbocycles. The van der Waals surface area contributed by atoms with Gasteiger partial charge in [0.25, 0.3) is 0 Å². The van der Waals surface area contributed by atoms with Gasteiger partial charge in [-0.25, -0.2) is 0 Å². The Morgan fingerprint density at radius 3 is 3.19 bits per heavy atom. The second-order valence-corrected chi connectivity index (χ2v) is 4.47. The predicted molar refractivity (Wildman–Crippen MR) is 65.2 cm³/mol. The summed E-state index contributed by atoms with van der Waals surface area (Å²) in [6, 6.07) is 1.97. The molecule has 2 rings (SSSR count). The molecule has 0 amide bonds. The summed E-state index contributed by atoms with van der Waals surface area (Å²) in [4.78, 5) is 2.33. The quantitative estimate of drug-likeness (QED) is 0.836. The molecule has 1 aromatic heterocycles. The zero-order valence-electron chi connectivity index (χ0n) is 9.89. The van der Waals surface area contributed by atoms with Crippen LogP contribution in [0.2, 0.25) is 0 Å². The molecule has 2 heterocycles. The number of nitrogens with two attached hydrogens (primary N) is 1. The molecule has 1 aliphatic rings. The summed E-state index contributed by atoms with van der Waals surface area (Å²) in [5.41, 5.74) is 6.82. The first-order valence-electron chi connectivity index (χ1n) is 6.10. The maximum absolute atomic E-state index is 5.72. The Balaban J connectivity index is 2.08. The van der Waals surface area contributed by atoms with Crippen molar-refractivity contribution >= 4 is 5.82 Å². The van der Waals surface area contributed by atoms with E-state index in [4.69, 9.17) is 5.73 Å². The van der Waals surface area contributed by atoms with Gasteiger partial charge in [0.15, 0.2) is 5.82 Å². The molecule has 88 valence electrons. The normalized spacial score (nSPS) is 20.4. The van der Waals surface area contributed by atoms with E-state index in [1.807, 2.05) is 6.07 Å². The molecule has 1 unspecified atom stereocenters. The van der Waals surface area contributed by atoms with Gasteiger partial charge < -0.3 is 10.6 Å². The minimum atomic E-state index is 0.541. The van der Waals surface area contributed by atoms with Crippen LogP contribution in [0.4, 0.5) is 5.82 Å². The number of nitrogens with zero attached hydrogens (tertiary/aromatic N) is 3. The van der Waals surface area contributed by atoms with Gasteiger partial charge in [-0.05, 0) is 24.8 Å². The van der Waals surface area contributed by atoms with Crippen LogP contribution in [0.25, 0.3) is 0 Å². The minimum Gasteiger partial charge on any atom is -0.355 e. The average molecular weight is 220 g/mol. The first kappa shape index (κ1) is 11.3. The second kappa shape index (κ2) is 5.25. The van der Waals surface area contributed by atoms with Crippen LogP contribution in [0, 0.1) is 5.92 Å². The summed E-state index contributed by atoms with van der Waals surface area (Å²) < 4.78 is 0. The molecular weight excluding hydrogens is 200 g/mol. The van der Waals surface area contributed by atoms with Crippen LogP contribution in [0.1, 0.15) is 31.7 Å². The Kier molecular flexibility index (Phi) is 3.72. The van der Waals surface area contributed by atoms with Crippen molar-refractivity contribution in [3.63, 3.8) is 0 Å². The number of rotatable bonds is 4. The lowest BCUT2D eigenvalue weighted by Crippen LogP contribution is -2.23. The molecule has 1 atom stereocenters. The van der Waals surface area contributed by atoms with E-state index in [0.29, 0.717) is 6.54 Å². The summed E-state index contributed by atoms with van der Waals surface area (Å²) in [5.74, 6) is 1.81. The fraction of sp³-hybridized carbons (Fsp3) is 0.667. The van der Waals surface area contributed by atoms with Gasteiger partial charge in [0.1, 0.15) is 0 Å². The van der Waals surface area contributed by atoms with Crippen molar-refractivity contribution in [3.05, 3.63) is 17.8 Å². The first-order chi connectivity index (χ1) is 7.85. The average Bonchev–Trinajstić information content (AvgIpc) is 2.78. The zero-order valence-corrected chi connectivity index (χ0v) is 9.89. The van der Waals surface area contributed by atoms with Gasteiger partial charge in [-0.3, -0.25) is 0 Å². The molecule has 0 saturated carbocycles. The monoisotopic (exact) mass is 220 g/mol. The summed E-state index contributed by atoms with van der Waals surface area (Å²) >= 11 is 0. The van der Waals surface area contributed by atoms with Crippen molar-refractivity contribution < 1.29 is 0 Å². The molecule has 1 saturated heterocycles. The van der Waals surface area contributed by atoms with Crippen LogP contribution in [-0.4, -0.2) is 23.3 Å². The lowest BCUT2D eigenvalue weighted by molar-refractivity contribution is 0.529. The van der Waals surface area contributed by atoms with Crippen molar-refractivity contribution in [2.24, 2.45) is 11.7 Å². The largest absolute Gasteiger partial charge is 0.355 e. The zero-order chi connectivity index (χ0) is 11.4. The van der Waals surface area contributed by atoms with Gasteiger partial charge in [-0.2, -0.15) is 5.10 Å². The number of hydrogen-bond donors (Lipinski definition) is 1. The molecule has 16 heavy (non-hydrogen) atoms. The van der Waals surface area contributed by atoms with Crippen LogP contribution < -0.4 is 10.6 Å². The Bertz CT molecular complexity index is 340. The van der Waals surface area contributed by atoms with Gasteiger partial charge in [0, 0.05) is 25.2 Å². The lowest BCUT2D eigenvalue weighted by Gasteiger charge is -2.19. The highest BCUT2D eigenvalue weighted by Gasteiger charge is 2.24. The molecule has 1 fully saturated rings. The van der Waals surface area contributed by atoms with Gasteiger partial charge in [0.2, 0.25) is 0 Å². The van der Waals surface area contributed by atoms with E-state index < -0.39 is 0 Å². The Morgan fingerprint density at radius 2 is 2.44 bits per heavy atom. The fourth-order valence-electron chi connectivity index (χ4n) is 2.44. The van der Waals surface area contributed by atoms with Crippen molar-refractivity contribution in [2.45, 2.75) is 32.7 Å². The summed E-state index contributed by atoms with van der Waals surface area (Å²) in [7, 11) is 0. The summed E-state index contributed by atoms with van der Waals surface area (Å²) in [6.45, 7) is 4.99. The highest BCUT2D eigenvalue weighted by atomic mass is 15.3. The van der Waals surface area contributed by atoms with Crippen molar-refractivity contribution in [1.29, 1.82) is 0 Å². The molecule has 4 nitrogen and oxygen atoms in total. The molecule has 2 N–H and O–H groups in total. The third-order valence-corrected chi connectivity index (χ3v) is 3.28. The van der Waals surface area contributed by atoms with Crippen LogP contribution in [0.3, 0.4) is 0 Å². The maximum atomic E-state index is 5.72. The Morgan fingerprint density at radius 1 is 1.56 bits per heavy atom. The van der Waals surface area contributed by atoms with E-state index in [2.05, 4.69) is 22.0 Å². The van der Waals surface area contributed by atoms with E-state index >= 15 is 0 Å². The molecular formula is C12H20N4. The molecule has 4 heteroatoms. The molecule has 0 bridgehead atoms. The molecule has 0 aliphatic carbocycles. The fourth-order valence-corrected chi connectivity index (χ4v) is 2.44. The van der Waals surface area contributed by atoms with E-state index in [1.165, 1.54) is 19.3 Å². The van der Waals surface area contributed by atoms with Gasteiger partial charge in [-0.15, -0.1) is 5.10 Å². The van der Waals surface area contributed by atoms with E-state index in [0.717, 1.165) is 30.4 Å². The number of hydrogen-bond acceptors (Lipinski definition) is 4. The lowest BCUT2D eigenvalue weighted by atomic mass is 10.0. The van der Waals surface area contributed by atoms with Gasteiger partial charge >= 0.3 is 0 Å². The molecule has 0 radical (unpaired) electrons. The third-order valence-electron chi connectivity index (χ3n) is 3.28. The van der Waals surface area contributed by atoms with Crippen LogP contribution >= 0.6 is 0 Å². The molecule has 1 aromatic rings. The standard InChI is InChI=1S/C12H20N4/c1-2-3-10-5-7-16(9-10)12-11(8-13)4-6-14-15-12/h4,6,10H,2-3,5,7-9,13H2,1H3. The van der Waals surface area contributed by atoms with Gasteiger partial charge in [-0.1, -0.05) is 13.3 Å². The van der Waals surface area contributed by atoms with E-state index in [-0.39, 0.29) is 0 Å². The van der Waals surface area contributed by atoms with Crippen molar-refractivity contribution in [3.8, 4) is 0 Å². The van der Waals surface area contributed by atoms with Crippen molar-refractivity contribution in [2.75, 3.05) is 18.0 Å². The van der Waals surface area contributed by atoms with Crippen LogP contribution in [0.5, 0.6) is 0 Å². The second-order valence-electron chi connectivity index (χ2n) is 4.47. The molecule has 1 aliphatic heterocycles. The van der Waals surface area contributed by atoms with Crippen LogP contribution in [0.15, 0.2) is 12.3 Å². The summed E-state index contributed by atoms with van der Waals surface area (Å²) in [6.07, 6.45) is 5.57.